The Kier molecular flexibility index (Phi) is 6.24. The summed E-state index contributed by atoms with van der Waals surface area (Å²) >= 11 is 29.6. The molecule has 1 atom stereocenters. The molecule has 1 nitrogen and oxygen atoms in total. The standard InChI is InChI=1S/C8H5Cl5OS2/c1-2(14)15-16-8-6(12)4(10)3(9)5(11)7(8)13/h2,14H,1H3. The largest absolute Gasteiger partial charge is 0.382 e. The molecule has 0 fully saturated rings. The summed E-state index contributed by atoms with van der Waals surface area (Å²) in [5.41, 5.74) is -0.564. The van der Waals surface area contributed by atoms with Crippen molar-refractivity contribution in [3.05, 3.63) is 25.1 Å². The number of rotatable bonds is 3. The Hall–Kier alpha value is 1.33. The van der Waals surface area contributed by atoms with Gasteiger partial charge in [-0.2, -0.15) is 0 Å². The minimum atomic E-state index is -0.564. The Bertz CT molecular complexity index is 381. The Balaban J connectivity index is 3.18. The van der Waals surface area contributed by atoms with E-state index in [1.807, 2.05) is 0 Å². The quantitative estimate of drug-likeness (QED) is 0.308. The fraction of sp³-hybridized carbons (Fsp3) is 0.250. The van der Waals surface area contributed by atoms with Gasteiger partial charge >= 0.3 is 0 Å². The van der Waals surface area contributed by atoms with E-state index in [-0.39, 0.29) is 25.1 Å². The summed E-state index contributed by atoms with van der Waals surface area (Å²) in [5, 5.41) is 10.1. The highest BCUT2D eigenvalue weighted by atomic mass is 35.5. The highest BCUT2D eigenvalue weighted by molar-refractivity contribution is 8.76. The average molecular weight is 359 g/mol. The van der Waals surface area contributed by atoms with Gasteiger partial charge in [0, 0.05) is 0 Å². The van der Waals surface area contributed by atoms with Gasteiger partial charge in [0.1, 0.15) is 5.44 Å². The van der Waals surface area contributed by atoms with E-state index in [4.69, 9.17) is 63.1 Å². The highest BCUT2D eigenvalue weighted by Crippen LogP contribution is 2.50. The molecule has 0 radical (unpaired) electrons. The van der Waals surface area contributed by atoms with Crippen molar-refractivity contribution in [1.29, 1.82) is 0 Å². The highest BCUT2D eigenvalue weighted by Gasteiger charge is 2.20. The zero-order valence-electron chi connectivity index (χ0n) is 7.73. The van der Waals surface area contributed by atoms with E-state index in [1.54, 1.807) is 6.92 Å². The molecule has 1 unspecified atom stereocenters. The summed E-state index contributed by atoms with van der Waals surface area (Å²) in [4.78, 5) is 0.494. The maximum atomic E-state index is 9.15. The normalized spacial score (nSPS) is 12.9. The molecule has 1 aromatic carbocycles. The molecule has 90 valence electrons. The van der Waals surface area contributed by atoms with Gasteiger partial charge < -0.3 is 5.11 Å². The van der Waals surface area contributed by atoms with Gasteiger partial charge in [-0.15, -0.1) is 0 Å². The molecule has 0 saturated carbocycles. The first kappa shape index (κ1) is 15.4. The van der Waals surface area contributed by atoms with Gasteiger partial charge in [-0.25, -0.2) is 0 Å². The average Bonchev–Trinajstić information content (AvgIpc) is 2.23. The molecule has 1 aromatic rings. The van der Waals surface area contributed by atoms with Crippen LogP contribution in [0.1, 0.15) is 6.92 Å². The second kappa shape index (κ2) is 6.48. The molecule has 8 heteroatoms. The summed E-state index contributed by atoms with van der Waals surface area (Å²) < 4.78 is 0. The number of aliphatic hydroxyl groups excluding tert-OH is 1. The van der Waals surface area contributed by atoms with Crippen LogP contribution in [0.25, 0.3) is 0 Å². The molecule has 16 heavy (non-hydrogen) atoms. The van der Waals surface area contributed by atoms with Crippen LogP contribution in [-0.2, 0) is 0 Å². The third-order valence-corrected chi connectivity index (χ3v) is 6.51. The van der Waals surface area contributed by atoms with Gasteiger partial charge in [0.2, 0.25) is 0 Å². The summed E-state index contributed by atoms with van der Waals surface area (Å²) in [5.74, 6) is 0. The predicted octanol–water partition coefficient (Wildman–Crippen LogP) is 6.03. The SMILES string of the molecule is CC(O)SSc1c(Cl)c(Cl)c(Cl)c(Cl)c1Cl. The van der Waals surface area contributed by atoms with Crippen LogP contribution in [0.3, 0.4) is 0 Å². The number of halogens is 5. The fourth-order valence-electron chi connectivity index (χ4n) is 0.776. The number of hydrogen-bond acceptors (Lipinski definition) is 3. The lowest BCUT2D eigenvalue weighted by atomic mass is 10.3. The van der Waals surface area contributed by atoms with Crippen LogP contribution in [0.15, 0.2) is 4.90 Å². The number of hydrogen-bond donors (Lipinski definition) is 1. The van der Waals surface area contributed by atoms with Crippen LogP contribution in [0.5, 0.6) is 0 Å². The van der Waals surface area contributed by atoms with Gasteiger partial charge in [-0.05, 0) is 6.92 Å². The van der Waals surface area contributed by atoms with Crippen LogP contribution < -0.4 is 0 Å². The molecule has 0 aliphatic rings. The van der Waals surface area contributed by atoms with Gasteiger partial charge in [-0.3, -0.25) is 0 Å². The maximum Gasteiger partial charge on any atom is 0.107 e. The van der Waals surface area contributed by atoms with Gasteiger partial charge in [0.25, 0.3) is 0 Å². The van der Waals surface area contributed by atoms with Crippen LogP contribution in [0.4, 0.5) is 0 Å². The van der Waals surface area contributed by atoms with E-state index in [0.29, 0.717) is 4.90 Å². The lowest BCUT2D eigenvalue weighted by Gasteiger charge is -2.11. The molecule has 0 aliphatic heterocycles. The zero-order valence-corrected chi connectivity index (χ0v) is 13.1. The Morgan fingerprint density at radius 3 is 1.62 bits per heavy atom. The minimum Gasteiger partial charge on any atom is -0.382 e. The molecule has 0 aromatic heterocycles. The molecule has 0 amide bonds. The first-order valence-corrected chi connectivity index (χ1v) is 7.99. The first-order valence-electron chi connectivity index (χ1n) is 3.89. The van der Waals surface area contributed by atoms with Crippen LogP contribution in [-0.4, -0.2) is 10.5 Å². The molecule has 0 bridgehead atoms. The topological polar surface area (TPSA) is 20.2 Å². The molecule has 1 rings (SSSR count). The van der Waals surface area contributed by atoms with Crippen molar-refractivity contribution in [3.8, 4) is 0 Å². The first-order chi connectivity index (χ1) is 7.36. The molecule has 0 heterocycles. The molecule has 1 N–H and O–H groups in total. The van der Waals surface area contributed by atoms with E-state index in [2.05, 4.69) is 0 Å². The lowest BCUT2D eigenvalue weighted by molar-refractivity contribution is 0.285. The summed E-state index contributed by atoms with van der Waals surface area (Å²) in [6, 6.07) is 0. The maximum absolute atomic E-state index is 9.15. The molecule has 0 saturated heterocycles. The van der Waals surface area contributed by atoms with Crippen molar-refractivity contribution in [2.24, 2.45) is 0 Å². The van der Waals surface area contributed by atoms with Crippen molar-refractivity contribution < 1.29 is 5.11 Å². The minimum absolute atomic E-state index is 0.129. The number of aliphatic hydroxyl groups is 1. The van der Waals surface area contributed by atoms with Crippen LogP contribution >= 0.6 is 79.6 Å². The summed E-state index contributed by atoms with van der Waals surface area (Å²) in [7, 11) is 2.37. The summed E-state index contributed by atoms with van der Waals surface area (Å²) in [6.07, 6.45) is 0. The van der Waals surface area contributed by atoms with Crippen molar-refractivity contribution in [2.75, 3.05) is 0 Å². The van der Waals surface area contributed by atoms with Crippen molar-refractivity contribution in [1.82, 2.24) is 0 Å². The fourth-order valence-corrected chi connectivity index (χ4v) is 4.32. The smallest absolute Gasteiger partial charge is 0.107 e. The van der Waals surface area contributed by atoms with E-state index >= 15 is 0 Å². The second-order valence-electron chi connectivity index (χ2n) is 2.68. The second-order valence-corrected chi connectivity index (χ2v) is 7.09. The molecule has 0 spiro atoms. The Labute approximate surface area is 126 Å². The van der Waals surface area contributed by atoms with E-state index in [9.17, 15) is 0 Å². The zero-order chi connectivity index (χ0) is 12.5. The molecule has 0 aliphatic carbocycles. The van der Waals surface area contributed by atoms with Gasteiger partial charge in [-0.1, -0.05) is 79.6 Å². The van der Waals surface area contributed by atoms with E-state index in [1.165, 1.54) is 21.6 Å². The van der Waals surface area contributed by atoms with Crippen molar-refractivity contribution in [2.45, 2.75) is 17.3 Å². The van der Waals surface area contributed by atoms with E-state index in [0.717, 1.165) is 0 Å². The molecular weight excluding hydrogens is 353 g/mol. The third kappa shape index (κ3) is 3.42. The van der Waals surface area contributed by atoms with Gasteiger partial charge in [0.05, 0.1) is 30.0 Å². The van der Waals surface area contributed by atoms with E-state index < -0.39 is 5.44 Å². The van der Waals surface area contributed by atoms with Crippen molar-refractivity contribution >= 4 is 79.6 Å². The monoisotopic (exact) mass is 356 g/mol. The van der Waals surface area contributed by atoms with Gasteiger partial charge in [0.15, 0.2) is 0 Å². The third-order valence-electron chi connectivity index (χ3n) is 1.44. The van der Waals surface area contributed by atoms with Crippen molar-refractivity contribution in [3.63, 3.8) is 0 Å². The predicted molar refractivity (Wildman–Crippen MR) is 76.6 cm³/mol. The Morgan fingerprint density at radius 2 is 1.25 bits per heavy atom. The van der Waals surface area contributed by atoms with Crippen LogP contribution in [0.2, 0.25) is 25.1 Å². The summed E-state index contributed by atoms with van der Waals surface area (Å²) in [6.45, 7) is 1.62. The van der Waals surface area contributed by atoms with Crippen LogP contribution in [0, 0.1) is 0 Å². The molecular formula is C8H5Cl5OS2. The Morgan fingerprint density at radius 1 is 0.875 bits per heavy atom. The number of benzene rings is 1. The lowest BCUT2D eigenvalue weighted by Crippen LogP contribution is -1.89.